The van der Waals surface area contributed by atoms with Gasteiger partial charge in [0.25, 0.3) is 0 Å². The third kappa shape index (κ3) is 5.29. The van der Waals surface area contributed by atoms with Crippen LogP contribution in [-0.4, -0.2) is 37.9 Å². The first-order valence-corrected chi connectivity index (χ1v) is 8.25. The number of hydrogen-bond donors (Lipinski definition) is 0. The van der Waals surface area contributed by atoms with E-state index in [0.717, 1.165) is 22.6 Å². The maximum absolute atomic E-state index is 12.3. The van der Waals surface area contributed by atoms with Crippen molar-refractivity contribution in [1.29, 1.82) is 0 Å². The second kappa shape index (κ2) is 7.86. The fourth-order valence-corrected chi connectivity index (χ4v) is 2.76. The molecule has 1 aliphatic heterocycles. The van der Waals surface area contributed by atoms with Gasteiger partial charge in [-0.2, -0.15) is 13.2 Å². The van der Waals surface area contributed by atoms with Gasteiger partial charge in [-0.1, -0.05) is 18.2 Å². The number of rotatable bonds is 6. The average molecular weight is 367 g/mol. The molecule has 140 valence electrons. The minimum atomic E-state index is -4.34. The topological polar surface area (TPSA) is 30.9 Å². The van der Waals surface area contributed by atoms with Gasteiger partial charge in [-0.05, 0) is 42.4 Å². The lowest BCUT2D eigenvalue weighted by Gasteiger charge is -2.21. The molecule has 3 rings (SSSR count). The van der Waals surface area contributed by atoms with Crippen molar-refractivity contribution in [3.8, 4) is 17.2 Å². The minimum Gasteiger partial charge on any atom is -0.486 e. The number of benzene rings is 2. The molecule has 0 radical (unpaired) electrons. The van der Waals surface area contributed by atoms with E-state index in [9.17, 15) is 13.2 Å². The summed E-state index contributed by atoms with van der Waals surface area (Å²) in [6.07, 6.45) is -4.34. The number of hydrogen-bond acceptors (Lipinski definition) is 4. The molecule has 0 spiro atoms. The van der Waals surface area contributed by atoms with Crippen LogP contribution in [0.4, 0.5) is 13.2 Å². The van der Waals surface area contributed by atoms with Crippen LogP contribution in [0.25, 0.3) is 0 Å². The van der Waals surface area contributed by atoms with Crippen LogP contribution in [0, 0.1) is 0 Å². The Morgan fingerprint density at radius 2 is 1.65 bits per heavy atom. The fraction of sp³-hybridized carbons (Fsp3) is 0.368. The maximum atomic E-state index is 12.3. The Labute approximate surface area is 150 Å². The molecule has 4 nitrogen and oxygen atoms in total. The van der Waals surface area contributed by atoms with Gasteiger partial charge in [0.05, 0.1) is 0 Å². The molecule has 0 atom stereocenters. The first-order valence-electron chi connectivity index (χ1n) is 8.25. The summed E-state index contributed by atoms with van der Waals surface area (Å²) >= 11 is 0. The van der Waals surface area contributed by atoms with Crippen LogP contribution in [0.5, 0.6) is 17.2 Å². The molecule has 0 saturated heterocycles. The molecule has 0 unspecified atom stereocenters. The Morgan fingerprint density at radius 3 is 2.38 bits per heavy atom. The minimum absolute atomic E-state index is 0.215. The molecule has 0 aromatic heterocycles. The Balaban J connectivity index is 1.58. The molecule has 2 aromatic carbocycles. The third-order valence-corrected chi connectivity index (χ3v) is 3.81. The van der Waals surface area contributed by atoms with E-state index in [-0.39, 0.29) is 5.75 Å². The Hall–Kier alpha value is -2.41. The summed E-state index contributed by atoms with van der Waals surface area (Å²) in [5.74, 6) is 1.70. The van der Waals surface area contributed by atoms with E-state index in [1.54, 1.807) is 12.1 Å². The molecule has 1 aliphatic rings. The summed E-state index contributed by atoms with van der Waals surface area (Å²) in [5.41, 5.74) is 1.95. The second-order valence-corrected chi connectivity index (χ2v) is 6.20. The normalized spacial score (nSPS) is 13.7. The number of ether oxygens (including phenoxy) is 3. The predicted molar refractivity (Wildman–Crippen MR) is 90.6 cm³/mol. The standard InChI is InChI=1S/C19H20F3NO3/c1-23(12-15-5-6-17-18(10-15)25-8-7-24-17)11-14-3-2-4-16(9-14)26-13-19(20,21)22/h2-6,9-10H,7-8,11-13H2,1H3. The Kier molecular flexibility index (Phi) is 5.56. The van der Waals surface area contributed by atoms with Crippen LogP contribution in [0.15, 0.2) is 42.5 Å². The smallest absolute Gasteiger partial charge is 0.422 e. The van der Waals surface area contributed by atoms with Crippen LogP contribution in [0.3, 0.4) is 0 Å². The molecule has 0 fully saturated rings. The van der Waals surface area contributed by atoms with Gasteiger partial charge in [0, 0.05) is 13.1 Å². The molecule has 2 aromatic rings. The fourth-order valence-electron chi connectivity index (χ4n) is 2.76. The molecular weight excluding hydrogens is 347 g/mol. The summed E-state index contributed by atoms with van der Waals surface area (Å²) in [6.45, 7) is 1.06. The molecule has 7 heteroatoms. The van der Waals surface area contributed by atoms with Crippen LogP contribution in [-0.2, 0) is 13.1 Å². The van der Waals surface area contributed by atoms with Gasteiger partial charge in [0.2, 0.25) is 0 Å². The van der Waals surface area contributed by atoms with Crippen LogP contribution in [0.1, 0.15) is 11.1 Å². The van der Waals surface area contributed by atoms with E-state index >= 15 is 0 Å². The highest BCUT2D eigenvalue weighted by molar-refractivity contribution is 5.43. The van der Waals surface area contributed by atoms with Crippen molar-refractivity contribution >= 4 is 0 Å². The van der Waals surface area contributed by atoms with Crippen molar-refractivity contribution in [3.63, 3.8) is 0 Å². The van der Waals surface area contributed by atoms with E-state index in [1.165, 1.54) is 6.07 Å². The van der Waals surface area contributed by atoms with Gasteiger partial charge in [-0.15, -0.1) is 0 Å². The van der Waals surface area contributed by atoms with Crippen molar-refractivity contribution < 1.29 is 27.4 Å². The monoisotopic (exact) mass is 367 g/mol. The number of nitrogens with zero attached hydrogens (tertiary/aromatic N) is 1. The number of fused-ring (bicyclic) bond motifs is 1. The highest BCUT2D eigenvalue weighted by atomic mass is 19.4. The van der Waals surface area contributed by atoms with Gasteiger partial charge in [-0.3, -0.25) is 4.90 Å². The average Bonchev–Trinajstić information content (AvgIpc) is 2.59. The zero-order valence-corrected chi connectivity index (χ0v) is 14.4. The zero-order valence-electron chi connectivity index (χ0n) is 14.4. The maximum Gasteiger partial charge on any atom is 0.422 e. The highest BCUT2D eigenvalue weighted by Gasteiger charge is 2.28. The first kappa shape index (κ1) is 18.4. The summed E-state index contributed by atoms with van der Waals surface area (Å²) < 4.78 is 52.7. The van der Waals surface area contributed by atoms with Gasteiger partial charge in [-0.25, -0.2) is 0 Å². The third-order valence-electron chi connectivity index (χ3n) is 3.81. The lowest BCUT2D eigenvalue weighted by molar-refractivity contribution is -0.153. The van der Waals surface area contributed by atoms with Gasteiger partial charge < -0.3 is 14.2 Å². The Morgan fingerprint density at radius 1 is 0.962 bits per heavy atom. The van der Waals surface area contributed by atoms with Gasteiger partial charge >= 0.3 is 6.18 Å². The quantitative estimate of drug-likeness (QED) is 0.771. The van der Waals surface area contributed by atoms with Crippen molar-refractivity contribution in [2.75, 3.05) is 26.9 Å². The van der Waals surface area contributed by atoms with Crippen molar-refractivity contribution in [2.24, 2.45) is 0 Å². The van der Waals surface area contributed by atoms with E-state index in [2.05, 4.69) is 4.90 Å². The number of halogens is 3. The molecular formula is C19H20F3NO3. The van der Waals surface area contributed by atoms with Crippen LogP contribution in [0.2, 0.25) is 0 Å². The molecule has 26 heavy (non-hydrogen) atoms. The van der Waals surface area contributed by atoms with Crippen molar-refractivity contribution in [3.05, 3.63) is 53.6 Å². The van der Waals surface area contributed by atoms with E-state index in [1.807, 2.05) is 31.3 Å². The lowest BCUT2D eigenvalue weighted by Crippen LogP contribution is -2.20. The molecule has 0 amide bonds. The van der Waals surface area contributed by atoms with Gasteiger partial charge in [0.15, 0.2) is 18.1 Å². The van der Waals surface area contributed by atoms with Crippen LogP contribution < -0.4 is 14.2 Å². The highest BCUT2D eigenvalue weighted by Crippen LogP contribution is 2.31. The van der Waals surface area contributed by atoms with Gasteiger partial charge in [0.1, 0.15) is 19.0 Å². The molecule has 0 N–H and O–H groups in total. The second-order valence-electron chi connectivity index (χ2n) is 6.20. The summed E-state index contributed by atoms with van der Waals surface area (Å²) in [7, 11) is 1.94. The molecule has 0 saturated carbocycles. The zero-order chi connectivity index (χ0) is 18.6. The SMILES string of the molecule is CN(Cc1cccc(OCC(F)(F)F)c1)Cc1ccc2c(c1)OCCO2. The molecule has 0 aliphatic carbocycles. The molecule has 0 bridgehead atoms. The lowest BCUT2D eigenvalue weighted by atomic mass is 10.1. The largest absolute Gasteiger partial charge is 0.486 e. The first-order chi connectivity index (χ1) is 12.4. The van der Waals surface area contributed by atoms with E-state index in [0.29, 0.717) is 26.3 Å². The Bertz CT molecular complexity index is 749. The predicted octanol–water partition coefficient (Wildman–Crippen LogP) is 4.03. The van der Waals surface area contributed by atoms with E-state index in [4.69, 9.17) is 14.2 Å². The summed E-state index contributed by atoms with van der Waals surface area (Å²) in [5, 5.41) is 0. The van der Waals surface area contributed by atoms with E-state index < -0.39 is 12.8 Å². The van der Waals surface area contributed by atoms with Crippen molar-refractivity contribution in [1.82, 2.24) is 4.90 Å². The summed E-state index contributed by atoms with van der Waals surface area (Å²) in [6, 6.07) is 12.5. The molecule has 1 heterocycles. The van der Waals surface area contributed by atoms with Crippen molar-refractivity contribution in [2.45, 2.75) is 19.3 Å². The van der Waals surface area contributed by atoms with Crippen LogP contribution >= 0.6 is 0 Å². The number of alkyl halides is 3. The summed E-state index contributed by atoms with van der Waals surface area (Å²) in [4.78, 5) is 2.06.